The van der Waals surface area contributed by atoms with Crippen LogP contribution in [0, 0.1) is 0 Å². The van der Waals surface area contributed by atoms with Gasteiger partial charge in [0.2, 0.25) is 0 Å². The summed E-state index contributed by atoms with van der Waals surface area (Å²) in [6, 6.07) is 3.65. The number of carboxylic acids is 1. The van der Waals surface area contributed by atoms with E-state index >= 15 is 0 Å². The highest BCUT2D eigenvalue weighted by Gasteiger charge is 2.32. The molecule has 1 saturated heterocycles. The van der Waals surface area contributed by atoms with Gasteiger partial charge in [-0.1, -0.05) is 18.0 Å². The topological polar surface area (TPSA) is 40.5 Å². The van der Waals surface area contributed by atoms with Crippen molar-refractivity contribution >= 4 is 28.9 Å². The number of rotatable bonds is 3. The molecule has 1 aliphatic heterocycles. The zero-order valence-electron chi connectivity index (χ0n) is 9.73. The lowest BCUT2D eigenvalue weighted by atomic mass is 10.00. The molecule has 1 fully saturated rings. The van der Waals surface area contributed by atoms with Crippen molar-refractivity contribution in [2.45, 2.75) is 38.3 Å². The van der Waals surface area contributed by atoms with Crippen LogP contribution in [0.1, 0.15) is 37.1 Å². The van der Waals surface area contributed by atoms with Gasteiger partial charge in [-0.15, -0.1) is 11.3 Å². The molecule has 1 N–H and O–H groups in total. The minimum Gasteiger partial charge on any atom is -0.480 e. The molecule has 2 unspecified atom stereocenters. The lowest BCUT2D eigenvalue weighted by Gasteiger charge is -2.37. The van der Waals surface area contributed by atoms with Gasteiger partial charge in [0.05, 0.1) is 4.34 Å². The summed E-state index contributed by atoms with van der Waals surface area (Å²) in [7, 11) is 0. The minimum absolute atomic E-state index is 0.133. The SMILES string of the molecule is CC(c1ccc(Cl)s1)N1CCCCC1C(=O)O. The number of halogens is 1. The number of nitrogens with zero attached hydrogens (tertiary/aromatic N) is 1. The molecule has 0 radical (unpaired) electrons. The van der Waals surface area contributed by atoms with Crippen molar-refractivity contribution in [3.8, 4) is 0 Å². The van der Waals surface area contributed by atoms with Gasteiger partial charge in [0.1, 0.15) is 6.04 Å². The number of carboxylic acid groups (broad SMARTS) is 1. The summed E-state index contributed by atoms with van der Waals surface area (Å²) >= 11 is 7.46. The molecule has 0 spiro atoms. The van der Waals surface area contributed by atoms with Crippen molar-refractivity contribution in [2.75, 3.05) is 6.54 Å². The highest BCUT2D eigenvalue weighted by atomic mass is 35.5. The Morgan fingerprint density at radius 1 is 1.59 bits per heavy atom. The number of hydrogen-bond donors (Lipinski definition) is 1. The number of thiophene rings is 1. The molecule has 2 heterocycles. The molecule has 17 heavy (non-hydrogen) atoms. The molecule has 2 rings (SSSR count). The average molecular weight is 274 g/mol. The quantitative estimate of drug-likeness (QED) is 0.918. The van der Waals surface area contributed by atoms with Crippen LogP contribution in [-0.2, 0) is 4.79 Å². The fourth-order valence-corrected chi connectivity index (χ4v) is 3.53. The van der Waals surface area contributed by atoms with Crippen LogP contribution in [0.5, 0.6) is 0 Å². The molecule has 1 aliphatic rings. The molecular formula is C12H16ClNO2S. The molecule has 94 valence electrons. The molecule has 2 atom stereocenters. The Balaban J connectivity index is 2.16. The van der Waals surface area contributed by atoms with Crippen molar-refractivity contribution in [1.29, 1.82) is 0 Å². The maximum atomic E-state index is 11.2. The van der Waals surface area contributed by atoms with E-state index in [1.54, 1.807) is 0 Å². The lowest BCUT2D eigenvalue weighted by molar-refractivity contribution is -0.145. The molecule has 0 aromatic carbocycles. The number of likely N-dealkylation sites (tertiary alicyclic amines) is 1. The van der Waals surface area contributed by atoms with Crippen LogP contribution in [-0.4, -0.2) is 28.6 Å². The third-order valence-corrected chi connectivity index (χ3v) is 4.73. The fraction of sp³-hybridized carbons (Fsp3) is 0.583. The maximum absolute atomic E-state index is 11.2. The third kappa shape index (κ3) is 2.81. The van der Waals surface area contributed by atoms with E-state index in [0.717, 1.165) is 35.0 Å². The second-order valence-electron chi connectivity index (χ2n) is 4.41. The standard InChI is InChI=1S/C12H16ClNO2S/c1-8(10-5-6-11(13)17-10)14-7-3-2-4-9(14)12(15)16/h5-6,8-9H,2-4,7H2,1H3,(H,15,16). The maximum Gasteiger partial charge on any atom is 0.320 e. The summed E-state index contributed by atoms with van der Waals surface area (Å²) in [4.78, 5) is 14.5. The smallest absolute Gasteiger partial charge is 0.320 e. The van der Waals surface area contributed by atoms with Crippen LogP contribution in [0.3, 0.4) is 0 Å². The predicted octanol–water partition coefficient (Wildman–Crippen LogP) is 3.40. The van der Waals surface area contributed by atoms with Gasteiger partial charge in [-0.05, 0) is 38.4 Å². The monoisotopic (exact) mass is 273 g/mol. The van der Waals surface area contributed by atoms with Crippen molar-refractivity contribution in [1.82, 2.24) is 4.90 Å². The van der Waals surface area contributed by atoms with Crippen LogP contribution in [0.15, 0.2) is 12.1 Å². The Hall–Kier alpha value is -0.580. The predicted molar refractivity (Wildman–Crippen MR) is 69.7 cm³/mol. The molecule has 0 aliphatic carbocycles. The third-order valence-electron chi connectivity index (χ3n) is 3.33. The Morgan fingerprint density at radius 3 is 2.94 bits per heavy atom. The zero-order chi connectivity index (χ0) is 12.4. The molecule has 5 heteroatoms. The number of piperidine rings is 1. The van der Waals surface area contributed by atoms with Crippen LogP contribution < -0.4 is 0 Å². The first-order valence-corrected chi connectivity index (χ1v) is 7.03. The van der Waals surface area contributed by atoms with Gasteiger partial charge < -0.3 is 5.11 Å². The first kappa shape index (κ1) is 12.9. The van der Waals surface area contributed by atoms with Crippen LogP contribution in [0.2, 0.25) is 4.34 Å². The van der Waals surface area contributed by atoms with Crippen molar-refractivity contribution in [2.24, 2.45) is 0 Å². The van der Waals surface area contributed by atoms with Gasteiger partial charge in [-0.25, -0.2) is 0 Å². The molecule has 0 amide bonds. The van der Waals surface area contributed by atoms with Crippen LogP contribution in [0.4, 0.5) is 0 Å². The van der Waals surface area contributed by atoms with Crippen LogP contribution >= 0.6 is 22.9 Å². The Labute approximate surface area is 110 Å². The highest BCUT2D eigenvalue weighted by molar-refractivity contribution is 7.16. The van der Waals surface area contributed by atoms with Crippen LogP contribution in [0.25, 0.3) is 0 Å². The summed E-state index contributed by atoms with van der Waals surface area (Å²) in [6.07, 6.45) is 2.83. The molecule has 3 nitrogen and oxygen atoms in total. The van der Waals surface area contributed by atoms with E-state index in [1.807, 2.05) is 12.1 Å². The number of hydrogen-bond acceptors (Lipinski definition) is 3. The lowest BCUT2D eigenvalue weighted by Crippen LogP contribution is -2.45. The zero-order valence-corrected chi connectivity index (χ0v) is 11.3. The Bertz CT molecular complexity index is 407. The van der Waals surface area contributed by atoms with Gasteiger partial charge in [0, 0.05) is 10.9 Å². The van der Waals surface area contributed by atoms with Gasteiger partial charge in [0.15, 0.2) is 0 Å². The summed E-state index contributed by atoms with van der Waals surface area (Å²) in [6.45, 7) is 2.91. The van der Waals surface area contributed by atoms with E-state index in [4.69, 9.17) is 11.6 Å². The first-order chi connectivity index (χ1) is 8.09. The highest BCUT2D eigenvalue weighted by Crippen LogP contribution is 2.33. The number of aliphatic carboxylic acids is 1. The van der Waals surface area contributed by atoms with E-state index in [2.05, 4.69) is 11.8 Å². The summed E-state index contributed by atoms with van der Waals surface area (Å²) < 4.78 is 0.760. The second kappa shape index (κ2) is 5.38. The molecule has 1 aromatic heterocycles. The van der Waals surface area contributed by atoms with Crippen molar-refractivity contribution < 1.29 is 9.90 Å². The summed E-state index contributed by atoms with van der Waals surface area (Å²) in [5.41, 5.74) is 0. The van der Waals surface area contributed by atoms with E-state index in [9.17, 15) is 9.90 Å². The van der Waals surface area contributed by atoms with Gasteiger partial charge in [-0.3, -0.25) is 9.69 Å². The Kier molecular flexibility index (Phi) is 4.07. The largest absolute Gasteiger partial charge is 0.480 e. The van der Waals surface area contributed by atoms with Gasteiger partial charge in [-0.2, -0.15) is 0 Å². The molecule has 0 saturated carbocycles. The van der Waals surface area contributed by atoms with Crippen molar-refractivity contribution in [3.05, 3.63) is 21.3 Å². The van der Waals surface area contributed by atoms with E-state index in [1.165, 1.54) is 11.3 Å². The molecule has 0 bridgehead atoms. The first-order valence-electron chi connectivity index (χ1n) is 5.83. The number of carbonyl (C=O) groups is 1. The van der Waals surface area contributed by atoms with Gasteiger partial charge in [0.25, 0.3) is 0 Å². The van der Waals surface area contributed by atoms with E-state index < -0.39 is 5.97 Å². The van der Waals surface area contributed by atoms with E-state index in [0.29, 0.717) is 0 Å². The molecular weight excluding hydrogens is 258 g/mol. The summed E-state index contributed by atoms with van der Waals surface area (Å²) in [5.74, 6) is -0.709. The second-order valence-corrected chi connectivity index (χ2v) is 6.15. The average Bonchev–Trinajstić information content (AvgIpc) is 2.75. The summed E-state index contributed by atoms with van der Waals surface area (Å²) in [5, 5.41) is 9.25. The van der Waals surface area contributed by atoms with Crippen molar-refractivity contribution in [3.63, 3.8) is 0 Å². The molecule has 1 aromatic rings. The fourth-order valence-electron chi connectivity index (χ4n) is 2.40. The van der Waals surface area contributed by atoms with Gasteiger partial charge >= 0.3 is 5.97 Å². The minimum atomic E-state index is -0.709. The Morgan fingerprint density at radius 2 is 2.35 bits per heavy atom. The normalized spacial score (nSPS) is 23.5. The van der Waals surface area contributed by atoms with E-state index in [-0.39, 0.29) is 12.1 Å².